The minimum Gasteiger partial charge on any atom is -0.481 e. The largest absolute Gasteiger partial charge is 0.481 e. The molecule has 0 unspecified atom stereocenters. The van der Waals surface area contributed by atoms with Crippen molar-refractivity contribution < 1.29 is 23.1 Å². The summed E-state index contributed by atoms with van der Waals surface area (Å²) in [5, 5.41) is 8.43. The molecule has 82 valence electrons. The first-order valence-electron chi connectivity index (χ1n) is 3.76. The van der Waals surface area contributed by atoms with E-state index in [2.05, 4.69) is 20.9 Å². The van der Waals surface area contributed by atoms with E-state index in [0.29, 0.717) is 6.07 Å². The van der Waals surface area contributed by atoms with Crippen LogP contribution < -0.4 is 0 Å². The number of carboxylic acid groups (broad SMARTS) is 1. The maximum absolute atomic E-state index is 13.2. The van der Waals surface area contributed by atoms with Crippen LogP contribution in [-0.4, -0.2) is 16.1 Å². The highest BCUT2D eigenvalue weighted by Gasteiger charge is 2.17. The zero-order chi connectivity index (χ0) is 11.6. The Balaban J connectivity index is 3.15. The Hall–Kier alpha value is -1.11. The Morgan fingerprint density at radius 1 is 1.60 bits per heavy atom. The first-order chi connectivity index (χ1) is 6.91. The van der Waals surface area contributed by atoms with Gasteiger partial charge in [-0.25, -0.2) is 18.2 Å². The summed E-state index contributed by atoms with van der Waals surface area (Å²) < 4.78 is 37.3. The van der Waals surface area contributed by atoms with E-state index in [1.54, 1.807) is 0 Å². The molecule has 1 aromatic rings. The summed E-state index contributed by atoms with van der Waals surface area (Å²) in [7, 11) is 0. The normalized spacial score (nSPS) is 10.7. The van der Waals surface area contributed by atoms with Gasteiger partial charge < -0.3 is 5.11 Å². The molecule has 1 N–H and O–H groups in total. The minimum atomic E-state index is -2.89. The van der Waals surface area contributed by atoms with Crippen molar-refractivity contribution in [1.82, 2.24) is 4.98 Å². The van der Waals surface area contributed by atoms with Crippen LogP contribution in [-0.2, 0) is 11.2 Å². The van der Waals surface area contributed by atoms with E-state index in [-0.39, 0.29) is 10.2 Å². The summed E-state index contributed by atoms with van der Waals surface area (Å²) in [5.41, 5.74) is -0.972. The van der Waals surface area contributed by atoms with Crippen molar-refractivity contribution in [2.24, 2.45) is 0 Å². The van der Waals surface area contributed by atoms with Gasteiger partial charge in [0.25, 0.3) is 6.43 Å². The van der Waals surface area contributed by atoms with Crippen LogP contribution in [0.25, 0.3) is 0 Å². The predicted molar refractivity (Wildman–Crippen MR) is 48.2 cm³/mol. The molecule has 0 atom stereocenters. The maximum atomic E-state index is 13.2. The molecule has 1 rings (SSSR count). The van der Waals surface area contributed by atoms with E-state index in [4.69, 9.17) is 5.11 Å². The molecule has 0 aromatic carbocycles. The lowest BCUT2D eigenvalue weighted by atomic mass is 10.2. The molecule has 0 saturated carbocycles. The highest BCUT2D eigenvalue weighted by molar-refractivity contribution is 9.10. The number of carbonyl (C=O) groups is 1. The molecule has 0 fully saturated rings. The average molecular weight is 284 g/mol. The van der Waals surface area contributed by atoms with E-state index in [1.807, 2.05) is 0 Å². The van der Waals surface area contributed by atoms with Crippen LogP contribution in [0.2, 0.25) is 0 Å². The Morgan fingerprint density at radius 2 is 2.20 bits per heavy atom. The highest BCUT2D eigenvalue weighted by Crippen LogP contribution is 2.24. The number of hydrogen-bond acceptors (Lipinski definition) is 2. The average Bonchev–Trinajstić information content (AvgIpc) is 2.10. The molecule has 0 aliphatic rings. The van der Waals surface area contributed by atoms with Crippen LogP contribution >= 0.6 is 15.9 Å². The molecule has 15 heavy (non-hydrogen) atoms. The second-order valence-electron chi connectivity index (χ2n) is 2.67. The molecular weight excluding hydrogens is 279 g/mol. The molecule has 0 bridgehead atoms. The van der Waals surface area contributed by atoms with Crippen LogP contribution in [0.4, 0.5) is 13.2 Å². The summed E-state index contributed by atoms with van der Waals surface area (Å²) in [4.78, 5) is 13.7. The first-order valence-corrected chi connectivity index (χ1v) is 4.56. The van der Waals surface area contributed by atoms with Gasteiger partial charge in [0, 0.05) is 11.6 Å². The monoisotopic (exact) mass is 283 g/mol. The van der Waals surface area contributed by atoms with E-state index in [1.165, 1.54) is 0 Å². The summed E-state index contributed by atoms with van der Waals surface area (Å²) in [6.07, 6.45) is -3.50. The smallest absolute Gasteiger partial charge is 0.308 e. The number of hydrogen-bond donors (Lipinski definition) is 1. The third-order valence-corrected chi connectivity index (χ3v) is 2.25. The molecule has 0 radical (unpaired) electrons. The molecule has 0 spiro atoms. The molecule has 3 nitrogen and oxygen atoms in total. The van der Waals surface area contributed by atoms with Crippen LogP contribution in [0.1, 0.15) is 17.7 Å². The number of nitrogens with zero attached hydrogens (tertiary/aromatic N) is 1. The number of carboxylic acids is 1. The Labute approximate surface area is 91.1 Å². The van der Waals surface area contributed by atoms with Crippen LogP contribution in [0, 0.1) is 5.82 Å². The first kappa shape index (κ1) is 12.0. The topological polar surface area (TPSA) is 50.2 Å². The third-order valence-electron chi connectivity index (χ3n) is 1.59. The fraction of sp³-hybridized carbons (Fsp3) is 0.250. The highest BCUT2D eigenvalue weighted by atomic mass is 79.9. The van der Waals surface area contributed by atoms with Gasteiger partial charge in [-0.05, 0) is 15.9 Å². The van der Waals surface area contributed by atoms with Crippen LogP contribution in [0.3, 0.4) is 0 Å². The summed E-state index contributed by atoms with van der Waals surface area (Å²) in [6.45, 7) is 0. The zero-order valence-corrected chi connectivity index (χ0v) is 8.76. The molecule has 0 amide bonds. The number of halogens is 4. The second kappa shape index (κ2) is 4.61. The number of aromatic nitrogens is 1. The van der Waals surface area contributed by atoms with Gasteiger partial charge in [-0.2, -0.15) is 0 Å². The Morgan fingerprint density at radius 3 is 2.60 bits per heavy atom. The van der Waals surface area contributed by atoms with E-state index < -0.39 is 30.3 Å². The standard InChI is InChI=1S/C8H5BrF3NO2/c9-7-3(1-6(14)15)4(10)2-5(13-7)8(11)12/h2,8H,1H2,(H,14,15). The van der Waals surface area contributed by atoms with Gasteiger partial charge in [-0.1, -0.05) is 0 Å². The lowest BCUT2D eigenvalue weighted by molar-refractivity contribution is -0.136. The SMILES string of the molecule is O=C(O)Cc1c(F)cc(C(F)F)nc1Br. The fourth-order valence-electron chi connectivity index (χ4n) is 0.949. The lowest BCUT2D eigenvalue weighted by Gasteiger charge is -2.05. The summed E-state index contributed by atoms with van der Waals surface area (Å²) in [5.74, 6) is -2.27. The van der Waals surface area contributed by atoms with Gasteiger partial charge in [0.2, 0.25) is 0 Å². The van der Waals surface area contributed by atoms with Gasteiger partial charge in [0.1, 0.15) is 16.1 Å². The molecule has 7 heteroatoms. The predicted octanol–water partition coefficient (Wildman–Crippen LogP) is 2.55. The number of rotatable bonds is 3. The van der Waals surface area contributed by atoms with Gasteiger partial charge >= 0.3 is 5.97 Å². The van der Waals surface area contributed by atoms with Crippen molar-refractivity contribution >= 4 is 21.9 Å². The lowest BCUT2D eigenvalue weighted by Crippen LogP contribution is -2.06. The molecular formula is C8H5BrF3NO2. The number of pyridine rings is 1. The van der Waals surface area contributed by atoms with Crippen molar-refractivity contribution in [1.29, 1.82) is 0 Å². The molecule has 1 heterocycles. The fourth-order valence-corrected chi connectivity index (χ4v) is 1.48. The summed E-state index contributed by atoms with van der Waals surface area (Å²) >= 11 is 2.75. The second-order valence-corrected chi connectivity index (χ2v) is 3.42. The quantitative estimate of drug-likeness (QED) is 0.868. The minimum absolute atomic E-state index is 0.208. The van der Waals surface area contributed by atoms with Crippen molar-refractivity contribution in [2.75, 3.05) is 0 Å². The molecule has 1 aromatic heterocycles. The van der Waals surface area contributed by atoms with E-state index in [9.17, 15) is 18.0 Å². The van der Waals surface area contributed by atoms with Crippen LogP contribution in [0.5, 0.6) is 0 Å². The van der Waals surface area contributed by atoms with E-state index >= 15 is 0 Å². The third kappa shape index (κ3) is 2.92. The van der Waals surface area contributed by atoms with Gasteiger partial charge in [-0.15, -0.1) is 0 Å². The van der Waals surface area contributed by atoms with Crippen molar-refractivity contribution in [3.8, 4) is 0 Å². The van der Waals surface area contributed by atoms with Crippen molar-refractivity contribution in [3.05, 3.63) is 27.7 Å². The van der Waals surface area contributed by atoms with Crippen molar-refractivity contribution in [2.45, 2.75) is 12.8 Å². The van der Waals surface area contributed by atoms with Crippen molar-refractivity contribution in [3.63, 3.8) is 0 Å². The molecule has 0 saturated heterocycles. The zero-order valence-electron chi connectivity index (χ0n) is 7.18. The molecule has 0 aliphatic carbocycles. The van der Waals surface area contributed by atoms with Gasteiger partial charge in [0.15, 0.2) is 0 Å². The van der Waals surface area contributed by atoms with E-state index in [0.717, 1.165) is 0 Å². The number of alkyl halides is 2. The summed E-state index contributed by atoms with van der Waals surface area (Å²) in [6, 6.07) is 0.535. The maximum Gasteiger partial charge on any atom is 0.308 e. The molecule has 0 aliphatic heterocycles. The Kier molecular flexibility index (Phi) is 3.67. The number of aliphatic carboxylic acids is 1. The van der Waals surface area contributed by atoms with Gasteiger partial charge in [-0.3, -0.25) is 4.79 Å². The Bertz CT molecular complexity index is 374. The van der Waals surface area contributed by atoms with Crippen LogP contribution in [0.15, 0.2) is 10.7 Å². The van der Waals surface area contributed by atoms with Gasteiger partial charge in [0.05, 0.1) is 6.42 Å².